The van der Waals surface area contributed by atoms with Crippen LogP contribution in [-0.2, 0) is 33.3 Å². The first-order valence-corrected chi connectivity index (χ1v) is 6.14. The van der Waals surface area contributed by atoms with Gasteiger partial charge in [-0.3, -0.25) is 20.1 Å². The number of ether oxygens (including phenoxy) is 4. The lowest BCUT2D eigenvalue weighted by molar-refractivity contribution is -0.321. The average molecular weight is 289 g/mol. The highest BCUT2D eigenvalue weighted by atomic mass is 16.8. The van der Waals surface area contributed by atoms with E-state index in [1.807, 2.05) is 0 Å². The van der Waals surface area contributed by atoms with Gasteiger partial charge in [0.25, 0.3) is 0 Å². The number of carbonyl (C=O) groups is 3. The molecule has 0 spiro atoms. The van der Waals surface area contributed by atoms with Crippen LogP contribution >= 0.6 is 0 Å². The van der Waals surface area contributed by atoms with Crippen molar-refractivity contribution >= 4 is 17.9 Å². The van der Waals surface area contributed by atoms with E-state index >= 15 is 0 Å². The van der Waals surface area contributed by atoms with Crippen LogP contribution in [0.3, 0.4) is 0 Å². The Morgan fingerprint density at radius 3 is 2.10 bits per heavy atom. The van der Waals surface area contributed by atoms with Gasteiger partial charge in [-0.25, -0.2) is 0 Å². The molecule has 0 aromatic rings. The zero-order chi connectivity index (χ0) is 15.5. The lowest BCUT2D eigenvalue weighted by Crippen LogP contribution is -2.64. The molecule has 1 saturated heterocycles. The van der Waals surface area contributed by atoms with Gasteiger partial charge in [0.15, 0.2) is 6.10 Å². The second-order valence-electron chi connectivity index (χ2n) is 4.62. The lowest BCUT2D eigenvalue weighted by atomic mass is 10.0. The van der Waals surface area contributed by atoms with Crippen molar-refractivity contribution in [3.05, 3.63) is 0 Å². The third-order valence-electron chi connectivity index (χ3n) is 2.72. The molecular formula is C12H19NO7. The Balaban J connectivity index is 2.92. The summed E-state index contributed by atoms with van der Waals surface area (Å²) in [6, 6.07) is 0. The molecule has 2 N–H and O–H groups in total. The van der Waals surface area contributed by atoms with Crippen LogP contribution in [0.15, 0.2) is 0 Å². The largest absolute Gasteiger partial charge is 0.460 e. The maximum atomic E-state index is 11.1. The summed E-state index contributed by atoms with van der Waals surface area (Å²) in [6.07, 6.45) is -2.26. The van der Waals surface area contributed by atoms with Gasteiger partial charge in [-0.1, -0.05) is 0 Å². The molecule has 0 unspecified atom stereocenters. The second-order valence-corrected chi connectivity index (χ2v) is 4.62. The molecule has 0 aromatic carbocycles. The van der Waals surface area contributed by atoms with Crippen LogP contribution in [0, 0.1) is 0 Å². The zero-order valence-corrected chi connectivity index (χ0v) is 11.9. The summed E-state index contributed by atoms with van der Waals surface area (Å²) in [5.41, 5.74) is 5.85. The monoisotopic (exact) mass is 289 g/mol. The van der Waals surface area contributed by atoms with Gasteiger partial charge in [0, 0.05) is 27.2 Å². The minimum absolute atomic E-state index is 0.0735. The molecule has 0 saturated carbocycles. The number of rotatable bonds is 3. The maximum Gasteiger partial charge on any atom is 0.309 e. The Kier molecular flexibility index (Phi) is 5.07. The predicted octanol–water partition coefficient (Wildman–Crippen LogP) is -0.166. The molecular weight excluding hydrogens is 270 g/mol. The van der Waals surface area contributed by atoms with Crippen LogP contribution in [0.5, 0.6) is 0 Å². The van der Waals surface area contributed by atoms with Crippen molar-refractivity contribution in [2.24, 2.45) is 5.73 Å². The van der Waals surface area contributed by atoms with Gasteiger partial charge in [-0.15, -0.1) is 0 Å². The molecule has 114 valence electrons. The van der Waals surface area contributed by atoms with Crippen LogP contribution in [0.4, 0.5) is 0 Å². The van der Waals surface area contributed by atoms with Crippen molar-refractivity contribution in [3.63, 3.8) is 0 Å². The van der Waals surface area contributed by atoms with Crippen LogP contribution in [-0.4, -0.2) is 42.1 Å². The van der Waals surface area contributed by atoms with Gasteiger partial charge < -0.3 is 18.9 Å². The van der Waals surface area contributed by atoms with E-state index in [0.29, 0.717) is 0 Å². The molecule has 8 heteroatoms. The minimum atomic E-state index is -1.90. The number of hydrogen-bond donors (Lipinski definition) is 1. The molecule has 1 rings (SSSR count). The van der Waals surface area contributed by atoms with Crippen molar-refractivity contribution in [1.82, 2.24) is 0 Å². The quantitative estimate of drug-likeness (QED) is 0.433. The van der Waals surface area contributed by atoms with Gasteiger partial charge in [0.05, 0.1) is 6.10 Å². The topological polar surface area (TPSA) is 114 Å². The van der Waals surface area contributed by atoms with Crippen molar-refractivity contribution < 1.29 is 33.3 Å². The van der Waals surface area contributed by atoms with E-state index in [9.17, 15) is 14.4 Å². The summed E-state index contributed by atoms with van der Waals surface area (Å²) < 4.78 is 20.4. The van der Waals surface area contributed by atoms with Crippen LogP contribution in [0.1, 0.15) is 34.1 Å². The molecule has 0 amide bonds. The van der Waals surface area contributed by atoms with Gasteiger partial charge in [0.1, 0.15) is 6.10 Å². The summed E-state index contributed by atoms with van der Waals surface area (Å²) >= 11 is 0. The first-order valence-electron chi connectivity index (χ1n) is 6.14. The number of carbonyl (C=O) groups excluding carboxylic acids is 3. The fourth-order valence-electron chi connectivity index (χ4n) is 2.01. The molecule has 1 fully saturated rings. The molecule has 0 radical (unpaired) electrons. The highest BCUT2D eigenvalue weighted by Crippen LogP contribution is 2.31. The van der Waals surface area contributed by atoms with E-state index in [2.05, 4.69) is 0 Å². The Labute approximate surface area is 116 Å². The van der Waals surface area contributed by atoms with E-state index in [-0.39, 0.29) is 6.42 Å². The normalized spacial score (nSPS) is 33.1. The number of hydrogen-bond acceptors (Lipinski definition) is 8. The van der Waals surface area contributed by atoms with E-state index in [1.165, 1.54) is 13.8 Å². The van der Waals surface area contributed by atoms with Crippen molar-refractivity contribution in [2.45, 2.75) is 58.3 Å². The summed E-state index contributed by atoms with van der Waals surface area (Å²) in [4.78, 5) is 33.2. The third kappa shape index (κ3) is 4.17. The van der Waals surface area contributed by atoms with Crippen LogP contribution in [0.25, 0.3) is 0 Å². The maximum absolute atomic E-state index is 11.1. The Bertz CT molecular complexity index is 411. The third-order valence-corrected chi connectivity index (χ3v) is 2.72. The standard InChI is InChI=1S/C12H19NO7/c1-6-10(17-7(2)14)5-11(18-8(3)15)12(13,19-6)20-9(4)16/h6,10-11H,5,13H2,1-4H3/t6-,10-,11+,12-/m0/s1. The summed E-state index contributed by atoms with van der Waals surface area (Å²) in [6.45, 7) is 5.21. The Morgan fingerprint density at radius 2 is 1.65 bits per heavy atom. The highest BCUT2D eigenvalue weighted by Gasteiger charge is 2.51. The summed E-state index contributed by atoms with van der Waals surface area (Å²) in [7, 11) is 0. The van der Waals surface area contributed by atoms with Gasteiger partial charge in [-0.05, 0) is 6.92 Å². The summed E-state index contributed by atoms with van der Waals surface area (Å²) in [5.74, 6) is -3.68. The van der Waals surface area contributed by atoms with Gasteiger partial charge in [0.2, 0.25) is 0 Å². The fraction of sp³-hybridized carbons (Fsp3) is 0.750. The van der Waals surface area contributed by atoms with E-state index < -0.39 is 42.1 Å². The second kappa shape index (κ2) is 6.19. The predicted molar refractivity (Wildman–Crippen MR) is 65.0 cm³/mol. The van der Waals surface area contributed by atoms with Crippen LogP contribution in [0.2, 0.25) is 0 Å². The molecule has 0 aromatic heterocycles. The molecule has 8 nitrogen and oxygen atoms in total. The van der Waals surface area contributed by atoms with E-state index in [0.717, 1.165) is 6.92 Å². The number of nitrogens with two attached hydrogens (primary N) is 1. The van der Waals surface area contributed by atoms with Crippen LogP contribution < -0.4 is 5.73 Å². The first-order chi connectivity index (χ1) is 9.14. The lowest BCUT2D eigenvalue weighted by Gasteiger charge is -2.43. The van der Waals surface area contributed by atoms with Crippen molar-refractivity contribution in [2.75, 3.05) is 0 Å². The molecule has 0 aliphatic carbocycles. The number of esters is 3. The van der Waals surface area contributed by atoms with E-state index in [4.69, 9.17) is 24.7 Å². The average Bonchev–Trinajstić information content (AvgIpc) is 2.22. The smallest absolute Gasteiger partial charge is 0.309 e. The Hall–Kier alpha value is -1.67. The highest BCUT2D eigenvalue weighted by molar-refractivity contribution is 5.68. The molecule has 1 heterocycles. The van der Waals surface area contributed by atoms with Crippen molar-refractivity contribution in [3.8, 4) is 0 Å². The molecule has 4 atom stereocenters. The fourth-order valence-corrected chi connectivity index (χ4v) is 2.01. The molecule has 1 aliphatic rings. The molecule has 20 heavy (non-hydrogen) atoms. The minimum Gasteiger partial charge on any atom is -0.460 e. The Morgan fingerprint density at radius 1 is 1.10 bits per heavy atom. The summed E-state index contributed by atoms with van der Waals surface area (Å²) in [5, 5.41) is 0. The van der Waals surface area contributed by atoms with Gasteiger partial charge in [-0.2, -0.15) is 0 Å². The van der Waals surface area contributed by atoms with Crippen molar-refractivity contribution in [1.29, 1.82) is 0 Å². The SMILES string of the molecule is CC(=O)O[C@H]1C[C@@H](OC(C)=O)[C@@](N)(OC(C)=O)O[C@H]1C. The zero-order valence-electron chi connectivity index (χ0n) is 11.9. The molecule has 0 bridgehead atoms. The molecule has 1 aliphatic heterocycles. The van der Waals surface area contributed by atoms with E-state index in [1.54, 1.807) is 6.92 Å². The first kappa shape index (κ1) is 16.4. The van der Waals surface area contributed by atoms with Gasteiger partial charge >= 0.3 is 23.8 Å².